The van der Waals surface area contributed by atoms with Crippen LogP contribution in [0.4, 0.5) is 0 Å². The second-order valence-electron chi connectivity index (χ2n) is 4.35. The van der Waals surface area contributed by atoms with Crippen molar-refractivity contribution in [1.82, 2.24) is 0 Å². The normalized spacial score (nSPS) is 26.8. The van der Waals surface area contributed by atoms with Crippen LogP contribution in [0, 0.1) is 0 Å². The van der Waals surface area contributed by atoms with E-state index in [1.807, 2.05) is 0 Å². The number of unbranched alkanes of at least 4 members (excludes halogenated alkanes) is 1. The van der Waals surface area contributed by atoms with Crippen molar-refractivity contribution in [3.8, 4) is 0 Å². The number of carbonyl (C=O) groups excluding carboxylic acids is 1. The lowest BCUT2D eigenvalue weighted by Crippen LogP contribution is -2.48. The number of carbonyl (C=O) groups is 1. The minimum atomic E-state index is -0.854. The van der Waals surface area contributed by atoms with Crippen LogP contribution in [0.25, 0.3) is 0 Å². The molecule has 4 heteroatoms. The maximum absolute atomic E-state index is 11.8. The molecule has 0 spiro atoms. The van der Waals surface area contributed by atoms with E-state index >= 15 is 0 Å². The minimum Gasteiger partial charge on any atom is -0.464 e. The molecule has 87 valence electrons. The third-order valence-electron chi connectivity index (χ3n) is 2.66. The summed E-state index contributed by atoms with van der Waals surface area (Å²) < 4.78 is 11.1. The van der Waals surface area contributed by atoms with Gasteiger partial charge in [0.2, 0.25) is 9.04 Å². The van der Waals surface area contributed by atoms with Crippen LogP contribution in [-0.2, 0) is 14.0 Å². The molecule has 3 nitrogen and oxygen atoms in total. The van der Waals surface area contributed by atoms with Crippen LogP contribution < -0.4 is 0 Å². The average molecular weight is 229 g/mol. The van der Waals surface area contributed by atoms with E-state index in [0.29, 0.717) is 6.61 Å². The predicted octanol–water partition coefficient (Wildman–Crippen LogP) is 2.52. The maximum Gasteiger partial charge on any atom is 0.337 e. The Hall–Kier alpha value is -0.353. The first-order valence-corrected chi connectivity index (χ1v) is 8.18. The molecule has 1 aliphatic rings. The van der Waals surface area contributed by atoms with Crippen molar-refractivity contribution in [2.24, 2.45) is 0 Å². The highest BCUT2D eigenvalue weighted by Crippen LogP contribution is 2.30. The van der Waals surface area contributed by atoms with Crippen LogP contribution in [0.5, 0.6) is 0 Å². The Labute approximate surface area is 93.9 Å². The van der Waals surface area contributed by atoms with Gasteiger partial charge in [0.25, 0.3) is 0 Å². The van der Waals surface area contributed by atoms with Crippen LogP contribution in [0.3, 0.4) is 0 Å². The monoisotopic (exact) mass is 229 g/mol. The summed E-state index contributed by atoms with van der Waals surface area (Å²) in [7, 11) is -0.854. The zero-order valence-corrected chi connectivity index (χ0v) is 11.0. The summed E-state index contributed by atoms with van der Waals surface area (Å²) in [4.78, 5) is 11.8. The lowest BCUT2D eigenvalue weighted by molar-refractivity contribution is -0.171. The van der Waals surface area contributed by atoms with E-state index in [1.165, 1.54) is 0 Å². The molecule has 1 heterocycles. The number of hydrogen-bond acceptors (Lipinski definition) is 3. The number of hydrogen-bond donors (Lipinski definition) is 0. The number of rotatable bonds is 5. The van der Waals surface area contributed by atoms with Gasteiger partial charge < -0.3 is 9.16 Å². The number of cyclic esters (lactones) is 1. The number of esters is 1. The molecule has 1 radical (unpaired) electrons. The molecule has 1 rings (SSSR count). The highest BCUT2D eigenvalue weighted by atomic mass is 28.3. The molecule has 15 heavy (non-hydrogen) atoms. The summed E-state index contributed by atoms with van der Waals surface area (Å²) in [6.45, 7) is 6.83. The van der Waals surface area contributed by atoms with Gasteiger partial charge in [-0.2, -0.15) is 0 Å². The van der Waals surface area contributed by atoms with Gasteiger partial charge in [-0.3, -0.25) is 0 Å². The molecule has 0 aromatic rings. The smallest absolute Gasteiger partial charge is 0.337 e. The fourth-order valence-electron chi connectivity index (χ4n) is 1.98. The van der Waals surface area contributed by atoms with Gasteiger partial charge in [0.05, 0.1) is 6.61 Å². The second kappa shape index (κ2) is 5.65. The third kappa shape index (κ3) is 3.31. The standard InChI is InChI=1S/C11H21O3Si/c1-4-5-7-11(14-15(2)3)8-6-9-13-10(11)12/h4-9H2,1-3H3. The highest BCUT2D eigenvalue weighted by molar-refractivity contribution is 6.48. The fraction of sp³-hybridized carbons (Fsp3) is 0.909. The van der Waals surface area contributed by atoms with Gasteiger partial charge in [-0.05, 0) is 32.4 Å². The van der Waals surface area contributed by atoms with Crippen molar-refractivity contribution < 1.29 is 14.0 Å². The molecular formula is C11H21O3Si. The SMILES string of the molecule is CCCCC1(O[Si](C)C)CCCOC1=O. The lowest BCUT2D eigenvalue weighted by Gasteiger charge is -2.36. The Morgan fingerprint density at radius 3 is 2.80 bits per heavy atom. The van der Waals surface area contributed by atoms with Crippen molar-refractivity contribution in [1.29, 1.82) is 0 Å². The highest BCUT2D eigenvalue weighted by Gasteiger charge is 2.43. The molecule has 0 bridgehead atoms. The second-order valence-corrected chi connectivity index (χ2v) is 6.37. The van der Waals surface area contributed by atoms with E-state index < -0.39 is 14.6 Å². The van der Waals surface area contributed by atoms with Gasteiger partial charge in [0.15, 0.2) is 5.60 Å². The first-order valence-electron chi connectivity index (χ1n) is 5.77. The van der Waals surface area contributed by atoms with Crippen LogP contribution >= 0.6 is 0 Å². The number of ether oxygens (including phenoxy) is 1. The van der Waals surface area contributed by atoms with E-state index in [2.05, 4.69) is 20.0 Å². The van der Waals surface area contributed by atoms with Gasteiger partial charge in [-0.25, -0.2) is 4.79 Å². The zero-order valence-electron chi connectivity index (χ0n) is 9.97. The van der Waals surface area contributed by atoms with Crippen molar-refractivity contribution >= 4 is 15.0 Å². The average Bonchev–Trinajstić information content (AvgIpc) is 2.18. The van der Waals surface area contributed by atoms with Gasteiger partial charge in [0, 0.05) is 0 Å². The Morgan fingerprint density at radius 2 is 2.27 bits per heavy atom. The molecule has 0 amide bonds. The van der Waals surface area contributed by atoms with Crippen molar-refractivity contribution in [2.45, 2.75) is 57.7 Å². The summed E-state index contributed by atoms with van der Waals surface area (Å²) in [5, 5.41) is 0. The third-order valence-corrected chi connectivity index (χ3v) is 3.46. The summed E-state index contributed by atoms with van der Waals surface area (Å²) in [6, 6.07) is 0. The predicted molar refractivity (Wildman–Crippen MR) is 61.0 cm³/mol. The van der Waals surface area contributed by atoms with E-state index in [9.17, 15) is 4.79 Å². The lowest BCUT2D eigenvalue weighted by atomic mass is 9.90. The molecule has 1 atom stereocenters. The molecule has 0 aromatic carbocycles. The van der Waals surface area contributed by atoms with Crippen molar-refractivity contribution in [3.05, 3.63) is 0 Å². The molecule has 1 saturated heterocycles. The summed E-state index contributed by atoms with van der Waals surface area (Å²) >= 11 is 0. The fourth-order valence-corrected chi connectivity index (χ4v) is 3.05. The minimum absolute atomic E-state index is 0.131. The summed E-state index contributed by atoms with van der Waals surface area (Å²) in [5.74, 6) is -0.131. The molecule has 1 fully saturated rings. The van der Waals surface area contributed by atoms with Crippen molar-refractivity contribution in [2.75, 3.05) is 6.61 Å². The summed E-state index contributed by atoms with van der Waals surface area (Å²) in [6.07, 6.45) is 4.71. The maximum atomic E-state index is 11.8. The van der Waals surface area contributed by atoms with Gasteiger partial charge >= 0.3 is 5.97 Å². The Balaban J connectivity index is 2.68. The van der Waals surface area contributed by atoms with E-state index in [0.717, 1.165) is 32.1 Å². The van der Waals surface area contributed by atoms with Gasteiger partial charge in [-0.1, -0.05) is 19.8 Å². The van der Waals surface area contributed by atoms with Crippen LogP contribution in [-0.4, -0.2) is 27.2 Å². The molecule has 0 aromatic heterocycles. The van der Waals surface area contributed by atoms with E-state index in [1.54, 1.807) is 0 Å². The van der Waals surface area contributed by atoms with Crippen LogP contribution in [0.2, 0.25) is 13.1 Å². The van der Waals surface area contributed by atoms with Crippen LogP contribution in [0.1, 0.15) is 39.0 Å². The van der Waals surface area contributed by atoms with Gasteiger partial charge in [0.1, 0.15) is 0 Å². The van der Waals surface area contributed by atoms with Crippen LogP contribution in [0.15, 0.2) is 0 Å². The largest absolute Gasteiger partial charge is 0.464 e. The molecular weight excluding hydrogens is 208 g/mol. The summed E-state index contributed by atoms with van der Waals surface area (Å²) in [5.41, 5.74) is -0.605. The first kappa shape index (κ1) is 12.7. The van der Waals surface area contributed by atoms with Gasteiger partial charge in [-0.15, -0.1) is 0 Å². The topological polar surface area (TPSA) is 35.5 Å². The Morgan fingerprint density at radius 1 is 1.53 bits per heavy atom. The van der Waals surface area contributed by atoms with E-state index in [-0.39, 0.29) is 5.97 Å². The first-order chi connectivity index (χ1) is 7.10. The Bertz CT molecular complexity index is 218. The molecule has 1 aliphatic heterocycles. The molecule has 1 unspecified atom stereocenters. The Kier molecular flexibility index (Phi) is 4.79. The molecule has 0 saturated carbocycles. The molecule has 0 aliphatic carbocycles. The quantitative estimate of drug-likeness (QED) is 0.537. The zero-order chi connectivity index (χ0) is 11.3. The van der Waals surface area contributed by atoms with Crippen molar-refractivity contribution in [3.63, 3.8) is 0 Å². The van der Waals surface area contributed by atoms with E-state index in [4.69, 9.17) is 9.16 Å². The molecule has 0 N–H and O–H groups in total.